The molecule has 1 fully saturated rings. The molecule has 98 valence electrons. The van der Waals surface area contributed by atoms with Crippen LogP contribution in [-0.4, -0.2) is 28.2 Å². The van der Waals surface area contributed by atoms with Gasteiger partial charge in [-0.1, -0.05) is 17.3 Å². The molecule has 19 heavy (non-hydrogen) atoms. The number of benzene rings is 1. The number of hydrogen-bond donors (Lipinski definition) is 1. The highest BCUT2D eigenvalue weighted by Crippen LogP contribution is 2.26. The Labute approximate surface area is 108 Å². The minimum absolute atomic E-state index is 0.0640. The largest absolute Gasteiger partial charge is 0.339 e. The third-order valence-electron chi connectivity index (χ3n) is 3.24. The van der Waals surface area contributed by atoms with Gasteiger partial charge >= 0.3 is 0 Å². The lowest BCUT2D eigenvalue weighted by Gasteiger charge is -2.22. The van der Waals surface area contributed by atoms with Gasteiger partial charge in [-0.15, -0.1) is 0 Å². The van der Waals surface area contributed by atoms with Gasteiger partial charge in [0.25, 0.3) is 5.69 Å². The van der Waals surface area contributed by atoms with Crippen molar-refractivity contribution in [2.45, 2.75) is 12.8 Å². The van der Waals surface area contributed by atoms with E-state index in [0.29, 0.717) is 22.8 Å². The molecule has 7 nitrogen and oxygen atoms in total. The van der Waals surface area contributed by atoms with E-state index in [-0.39, 0.29) is 11.6 Å². The Kier molecular flexibility index (Phi) is 2.75. The summed E-state index contributed by atoms with van der Waals surface area (Å²) in [4.78, 5) is 14.8. The summed E-state index contributed by atoms with van der Waals surface area (Å²) in [7, 11) is 0. The van der Waals surface area contributed by atoms with Gasteiger partial charge in [0.05, 0.1) is 10.8 Å². The van der Waals surface area contributed by atoms with E-state index < -0.39 is 4.92 Å². The molecule has 1 aliphatic rings. The summed E-state index contributed by atoms with van der Waals surface area (Å²) in [6, 6.07) is 4.92. The Bertz CT molecular complexity index is 634. The number of nitrogens with one attached hydrogen (secondary N) is 1. The first-order chi connectivity index (χ1) is 9.15. The van der Waals surface area contributed by atoms with E-state index in [2.05, 4.69) is 15.5 Å². The molecule has 0 aliphatic carbocycles. The predicted molar refractivity (Wildman–Crippen MR) is 66.7 cm³/mol. The summed E-state index contributed by atoms with van der Waals surface area (Å²) in [6.45, 7) is 3.36. The molecule has 3 rings (SSSR count). The van der Waals surface area contributed by atoms with Gasteiger partial charge < -0.3 is 9.84 Å². The van der Waals surface area contributed by atoms with Gasteiger partial charge in [0.2, 0.25) is 11.7 Å². The Morgan fingerprint density at radius 3 is 2.89 bits per heavy atom. The summed E-state index contributed by atoms with van der Waals surface area (Å²) >= 11 is 0. The lowest BCUT2D eigenvalue weighted by Crippen LogP contribution is -2.40. The minimum atomic E-state index is -0.407. The summed E-state index contributed by atoms with van der Waals surface area (Å²) < 4.78 is 5.18. The molecule has 0 saturated carbocycles. The smallest absolute Gasteiger partial charge is 0.273 e. The van der Waals surface area contributed by atoms with Gasteiger partial charge in [-0.25, -0.2) is 0 Å². The third-order valence-corrected chi connectivity index (χ3v) is 3.24. The summed E-state index contributed by atoms with van der Waals surface area (Å²) in [6.07, 6.45) is 0. The van der Waals surface area contributed by atoms with Crippen molar-refractivity contribution in [1.29, 1.82) is 0 Å². The van der Waals surface area contributed by atoms with E-state index >= 15 is 0 Å². The number of nitro groups is 1. The molecule has 0 bridgehead atoms. The van der Waals surface area contributed by atoms with Crippen molar-refractivity contribution in [3.05, 3.63) is 39.8 Å². The molecule has 2 aromatic rings. The van der Waals surface area contributed by atoms with Crippen molar-refractivity contribution in [3.63, 3.8) is 0 Å². The van der Waals surface area contributed by atoms with Crippen LogP contribution in [0.4, 0.5) is 5.69 Å². The van der Waals surface area contributed by atoms with E-state index in [1.165, 1.54) is 6.07 Å². The summed E-state index contributed by atoms with van der Waals surface area (Å²) in [5.41, 5.74) is 1.27. The Hall–Kier alpha value is -2.28. The molecular weight excluding hydrogens is 248 g/mol. The van der Waals surface area contributed by atoms with Gasteiger partial charge in [0.15, 0.2) is 0 Å². The zero-order valence-electron chi connectivity index (χ0n) is 10.3. The maximum atomic E-state index is 10.9. The molecule has 0 unspecified atom stereocenters. The van der Waals surface area contributed by atoms with Crippen LogP contribution in [-0.2, 0) is 0 Å². The molecule has 0 radical (unpaired) electrons. The van der Waals surface area contributed by atoms with Crippen LogP contribution in [0.1, 0.15) is 17.4 Å². The molecule has 7 heteroatoms. The van der Waals surface area contributed by atoms with E-state index in [9.17, 15) is 10.1 Å². The van der Waals surface area contributed by atoms with E-state index in [1.54, 1.807) is 19.1 Å². The standard InChI is InChI=1S/C12H12N4O3/c1-7-2-3-8(4-10(7)16(17)18)11-14-12(19-15-11)9-5-13-6-9/h2-4,9,13H,5-6H2,1H3. The van der Waals surface area contributed by atoms with Crippen LogP contribution in [0.5, 0.6) is 0 Å². The molecule has 1 aromatic heterocycles. The van der Waals surface area contributed by atoms with E-state index in [0.717, 1.165) is 13.1 Å². The highest BCUT2D eigenvalue weighted by atomic mass is 16.6. The predicted octanol–water partition coefficient (Wildman–Crippen LogP) is 1.64. The van der Waals surface area contributed by atoms with Crippen LogP contribution in [0.2, 0.25) is 0 Å². The summed E-state index contributed by atoms with van der Waals surface area (Å²) in [5.74, 6) is 1.23. The fourth-order valence-corrected chi connectivity index (χ4v) is 1.93. The monoisotopic (exact) mass is 260 g/mol. The van der Waals surface area contributed by atoms with Crippen molar-refractivity contribution in [2.75, 3.05) is 13.1 Å². The molecule has 1 N–H and O–H groups in total. The fraction of sp³-hybridized carbons (Fsp3) is 0.333. The second-order valence-electron chi connectivity index (χ2n) is 4.57. The van der Waals surface area contributed by atoms with Gasteiger partial charge in [-0.2, -0.15) is 4.98 Å². The average molecular weight is 260 g/mol. The van der Waals surface area contributed by atoms with Gasteiger partial charge in [-0.3, -0.25) is 10.1 Å². The first kappa shape index (κ1) is 11.8. The van der Waals surface area contributed by atoms with E-state index in [4.69, 9.17) is 4.52 Å². The van der Waals surface area contributed by atoms with Gasteiger partial charge in [-0.05, 0) is 6.92 Å². The maximum Gasteiger partial charge on any atom is 0.273 e. The number of aryl methyl sites for hydroxylation is 1. The van der Waals surface area contributed by atoms with Crippen molar-refractivity contribution >= 4 is 5.69 Å². The van der Waals surface area contributed by atoms with Crippen LogP contribution in [0.15, 0.2) is 22.7 Å². The maximum absolute atomic E-state index is 10.9. The SMILES string of the molecule is Cc1ccc(-c2noc(C3CNC3)n2)cc1[N+](=O)[O-]. The molecule has 0 amide bonds. The molecule has 0 spiro atoms. The van der Waals surface area contributed by atoms with Crippen LogP contribution in [0.3, 0.4) is 0 Å². The lowest BCUT2D eigenvalue weighted by molar-refractivity contribution is -0.385. The fourth-order valence-electron chi connectivity index (χ4n) is 1.93. The molecule has 1 aromatic carbocycles. The zero-order valence-corrected chi connectivity index (χ0v) is 10.3. The first-order valence-corrected chi connectivity index (χ1v) is 5.95. The lowest BCUT2D eigenvalue weighted by atomic mass is 10.0. The first-order valence-electron chi connectivity index (χ1n) is 5.95. The van der Waals surface area contributed by atoms with Crippen molar-refractivity contribution < 1.29 is 9.45 Å². The van der Waals surface area contributed by atoms with Crippen LogP contribution >= 0.6 is 0 Å². The highest BCUT2D eigenvalue weighted by Gasteiger charge is 2.25. The summed E-state index contributed by atoms with van der Waals surface area (Å²) in [5, 5.41) is 17.9. The quantitative estimate of drug-likeness (QED) is 0.666. The molecule has 1 aliphatic heterocycles. The van der Waals surface area contributed by atoms with Crippen LogP contribution < -0.4 is 5.32 Å². The molecule has 1 saturated heterocycles. The Balaban J connectivity index is 1.95. The Morgan fingerprint density at radius 1 is 1.47 bits per heavy atom. The number of rotatable bonds is 3. The number of hydrogen-bond acceptors (Lipinski definition) is 6. The van der Waals surface area contributed by atoms with Crippen molar-refractivity contribution in [3.8, 4) is 11.4 Å². The van der Waals surface area contributed by atoms with Crippen LogP contribution in [0.25, 0.3) is 11.4 Å². The molecule has 2 heterocycles. The second kappa shape index (κ2) is 4.43. The number of nitrogens with zero attached hydrogens (tertiary/aromatic N) is 3. The zero-order chi connectivity index (χ0) is 13.4. The highest BCUT2D eigenvalue weighted by molar-refractivity contribution is 5.60. The minimum Gasteiger partial charge on any atom is -0.339 e. The number of aromatic nitrogens is 2. The van der Waals surface area contributed by atoms with E-state index in [1.807, 2.05) is 0 Å². The third kappa shape index (κ3) is 2.08. The second-order valence-corrected chi connectivity index (χ2v) is 4.57. The Morgan fingerprint density at radius 2 is 2.26 bits per heavy atom. The van der Waals surface area contributed by atoms with Crippen molar-refractivity contribution in [2.24, 2.45) is 0 Å². The topological polar surface area (TPSA) is 94.1 Å². The molecule has 0 atom stereocenters. The van der Waals surface area contributed by atoms with Gasteiger partial charge in [0.1, 0.15) is 0 Å². The van der Waals surface area contributed by atoms with Crippen LogP contribution in [0, 0.1) is 17.0 Å². The normalized spacial score (nSPS) is 15.2. The average Bonchev–Trinajstić information content (AvgIpc) is 2.76. The van der Waals surface area contributed by atoms with Gasteiger partial charge in [0, 0.05) is 30.3 Å². The van der Waals surface area contributed by atoms with Crippen molar-refractivity contribution in [1.82, 2.24) is 15.5 Å². The molecular formula is C12H12N4O3. The number of nitro benzene ring substituents is 1.